The van der Waals surface area contributed by atoms with Crippen LogP contribution in [0, 0.1) is 0 Å². The van der Waals surface area contributed by atoms with Crippen molar-refractivity contribution in [3.05, 3.63) is 22.4 Å². The van der Waals surface area contributed by atoms with Crippen LogP contribution in [0.3, 0.4) is 0 Å². The SMILES string of the molecule is CCCN1C(=O)CC(NCCc2cccs2)C1=O. The van der Waals surface area contributed by atoms with E-state index in [1.807, 2.05) is 18.4 Å². The first kappa shape index (κ1) is 13.2. The number of imide groups is 1. The summed E-state index contributed by atoms with van der Waals surface area (Å²) in [6, 6.07) is 3.79. The van der Waals surface area contributed by atoms with E-state index in [2.05, 4.69) is 11.4 Å². The van der Waals surface area contributed by atoms with Gasteiger partial charge in [0, 0.05) is 18.0 Å². The molecule has 1 aliphatic heterocycles. The molecule has 2 amide bonds. The number of thiophene rings is 1. The lowest BCUT2D eigenvalue weighted by Crippen LogP contribution is -2.39. The van der Waals surface area contributed by atoms with Crippen molar-refractivity contribution in [1.82, 2.24) is 10.2 Å². The van der Waals surface area contributed by atoms with E-state index in [0.29, 0.717) is 13.0 Å². The smallest absolute Gasteiger partial charge is 0.246 e. The highest BCUT2D eigenvalue weighted by atomic mass is 32.1. The van der Waals surface area contributed by atoms with Gasteiger partial charge in [-0.3, -0.25) is 14.5 Å². The van der Waals surface area contributed by atoms with Crippen LogP contribution < -0.4 is 5.32 Å². The second kappa shape index (κ2) is 6.11. The first-order chi connectivity index (χ1) is 8.72. The monoisotopic (exact) mass is 266 g/mol. The van der Waals surface area contributed by atoms with E-state index in [9.17, 15) is 9.59 Å². The average molecular weight is 266 g/mol. The number of nitrogens with zero attached hydrogens (tertiary/aromatic N) is 1. The van der Waals surface area contributed by atoms with Crippen molar-refractivity contribution >= 4 is 23.2 Å². The highest BCUT2D eigenvalue weighted by Crippen LogP contribution is 2.14. The zero-order chi connectivity index (χ0) is 13.0. The van der Waals surface area contributed by atoms with Crippen LogP contribution in [0.2, 0.25) is 0 Å². The molecule has 1 fully saturated rings. The molecule has 1 saturated heterocycles. The molecule has 5 heteroatoms. The maximum absolute atomic E-state index is 11.9. The molecule has 0 bridgehead atoms. The first-order valence-electron chi connectivity index (χ1n) is 6.32. The summed E-state index contributed by atoms with van der Waals surface area (Å²) >= 11 is 1.71. The number of carbonyl (C=O) groups is 2. The Bertz CT molecular complexity index is 417. The number of likely N-dealkylation sites (tertiary alicyclic amines) is 1. The van der Waals surface area contributed by atoms with E-state index in [1.165, 1.54) is 9.78 Å². The number of amides is 2. The molecule has 1 aromatic heterocycles. The molecule has 1 aliphatic rings. The van der Waals surface area contributed by atoms with Crippen molar-refractivity contribution < 1.29 is 9.59 Å². The topological polar surface area (TPSA) is 49.4 Å². The molecule has 1 unspecified atom stereocenters. The second-order valence-electron chi connectivity index (χ2n) is 4.42. The largest absolute Gasteiger partial charge is 0.305 e. The molecule has 0 aromatic carbocycles. The minimum atomic E-state index is -0.316. The van der Waals surface area contributed by atoms with Gasteiger partial charge in [-0.15, -0.1) is 11.3 Å². The third-order valence-corrected chi connectivity index (χ3v) is 3.97. The Morgan fingerprint density at radius 2 is 2.33 bits per heavy atom. The first-order valence-corrected chi connectivity index (χ1v) is 7.20. The van der Waals surface area contributed by atoms with Gasteiger partial charge in [0.2, 0.25) is 11.8 Å². The van der Waals surface area contributed by atoms with Gasteiger partial charge in [-0.05, 0) is 24.3 Å². The van der Waals surface area contributed by atoms with Gasteiger partial charge in [0.15, 0.2) is 0 Å². The Labute approximate surface area is 111 Å². The summed E-state index contributed by atoms with van der Waals surface area (Å²) in [6.45, 7) is 3.25. The van der Waals surface area contributed by atoms with E-state index in [-0.39, 0.29) is 17.9 Å². The normalized spacial score (nSPS) is 19.8. The highest BCUT2D eigenvalue weighted by molar-refractivity contribution is 7.09. The number of hydrogen-bond donors (Lipinski definition) is 1. The van der Waals surface area contributed by atoms with E-state index in [1.54, 1.807) is 11.3 Å². The third-order valence-electron chi connectivity index (χ3n) is 3.03. The molecule has 4 nitrogen and oxygen atoms in total. The van der Waals surface area contributed by atoms with E-state index >= 15 is 0 Å². The number of nitrogens with one attached hydrogen (secondary N) is 1. The van der Waals surface area contributed by atoms with Crippen molar-refractivity contribution in [2.24, 2.45) is 0 Å². The second-order valence-corrected chi connectivity index (χ2v) is 5.46. The van der Waals surface area contributed by atoms with Gasteiger partial charge < -0.3 is 5.32 Å². The minimum Gasteiger partial charge on any atom is -0.305 e. The predicted octanol–water partition coefficient (Wildman–Crippen LogP) is 1.42. The van der Waals surface area contributed by atoms with Crippen LogP contribution in [-0.4, -0.2) is 35.8 Å². The van der Waals surface area contributed by atoms with Crippen molar-refractivity contribution in [1.29, 1.82) is 0 Å². The van der Waals surface area contributed by atoms with E-state index in [4.69, 9.17) is 0 Å². The molecule has 0 aliphatic carbocycles. The van der Waals surface area contributed by atoms with Crippen LogP contribution in [0.5, 0.6) is 0 Å². The standard InChI is InChI=1S/C13H18N2O2S/c1-2-7-15-12(16)9-11(13(15)17)14-6-5-10-4-3-8-18-10/h3-4,8,11,14H,2,5-7,9H2,1H3. The summed E-state index contributed by atoms with van der Waals surface area (Å²) < 4.78 is 0. The lowest BCUT2D eigenvalue weighted by Gasteiger charge is -2.14. The Morgan fingerprint density at radius 3 is 3.00 bits per heavy atom. The Hall–Kier alpha value is -1.20. The van der Waals surface area contributed by atoms with Crippen molar-refractivity contribution in [3.63, 3.8) is 0 Å². The lowest BCUT2D eigenvalue weighted by molar-refractivity contribution is -0.138. The van der Waals surface area contributed by atoms with Crippen LogP contribution in [-0.2, 0) is 16.0 Å². The van der Waals surface area contributed by atoms with Crippen molar-refractivity contribution in [3.8, 4) is 0 Å². The molecule has 1 aromatic rings. The molecular weight excluding hydrogens is 248 g/mol. The summed E-state index contributed by atoms with van der Waals surface area (Å²) in [5.74, 6) is -0.108. The van der Waals surface area contributed by atoms with Crippen LogP contribution in [0.4, 0.5) is 0 Å². The summed E-state index contributed by atoms with van der Waals surface area (Å²) in [6.07, 6.45) is 2.03. The fourth-order valence-corrected chi connectivity index (χ4v) is 2.83. The van der Waals surface area contributed by atoms with Crippen LogP contribution >= 0.6 is 11.3 Å². The molecule has 0 spiro atoms. The summed E-state index contributed by atoms with van der Waals surface area (Å²) in [7, 11) is 0. The van der Waals surface area contributed by atoms with Gasteiger partial charge in [0.1, 0.15) is 0 Å². The van der Waals surface area contributed by atoms with Gasteiger partial charge in [-0.2, -0.15) is 0 Å². The number of rotatable bonds is 6. The lowest BCUT2D eigenvalue weighted by atomic mass is 10.2. The zero-order valence-corrected chi connectivity index (χ0v) is 11.3. The van der Waals surface area contributed by atoms with Crippen LogP contribution in [0.15, 0.2) is 17.5 Å². The van der Waals surface area contributed by atoms with Crippen molar-refractivity contribution in [2.45, 2.75) is 32.2 Å². The van der Waals surface area contributed by atoms with E-state index < -0.39 is 0 Å². The summed E-state index contributed by atoms with van der Waals surface area (Å²) in [4.78, 5) is 26.3. The minimum absolute atomic E-state index is 0.0459. The average Bonchev–Trinajstić information content (AvgIpc) is 2.94. The Morgan fingerprint density at radius 1 is 1.50 bits per heavy atom. The molecule has 2 heterocycles. The van der Waals surface area contributed by atoms with Gasteiger partial charge in [-0.25, -0.2) is 0 Å². The van der Waals surface area contributed by atoms with Crippen LogP contribution in [0.25, 0.3) is 0 Å². The highest BCUT2D eigenvalue weighted by Gasteiger charge is 2.37. The number of hydrogen-bond acceptors (Lipinski definition) is 4. The van der Waals surface area contributed by atoms with Crippen molar-refractivity contribution in [2.75, 3.05) is 13.1 Å². The Kier molecular flexibility index (Phi) is 4.49. The molecule has 98 valence electrons. The Balaban J connectivity index is 1.80. The molecule has 1 atom stereocenters. The quantitative estimate of drug-likeness (QED) is 0.792. The molecule has 0 saturated carbocycles. The molecule has 2 rings (SSSR count). The maximum atomic E-state index is 11.9. The maximum Gasteiger partial charge on any atom is 0.246 e. The predicted molar refractivity (Wildman–Crippen MR) is 71.4 cm³/mol. The third kappa shape index (κ3) is 2.97. The van der Waals surface area contributed by atoms with Gasteiger partial charge in [0.05, 0.1) is 12.5 Å². The fourth-order valence-electron chi connectivity index (χ4n) is 2.13. The molecule has 1 N–H and O–H groups in total. The molecular formula is C13H18N2O2S. The van der Waals surface area contributed by atoms with Gasteiger partial charge in [-0.1, -0.05) is 13.0 Å². The number of carbonyl (C=O) groups excluding carboxylic acids is 2. The summed E-state index contributed by atoms with van der Waals surface area (Å²) in [5.41, 5.74) is 0. The zero-order valence-electron chi connectivity index (χ0n) is 10.5. The summed E-state index contributed by atoms with van der Waals surface area (Å²) in [5, 5.41) is 5.23. The molecule has 18 heavy (non-hydrogen) atoms. The van der Waals surface area contributed by atoms with E-state index in [0.717, 1.165) is 19.4 Å². The van der Waals surface area contributed by atoms with Crippen LogP contribution in [0.1, 0.15) is 24.6 Å². The fraction of sp³-hybridized carbons (Fsp3) is 0.538. The molecule has 0 radical (unpaired) electrons. The van der Waals surface area contributed by atoms with Gasteiger partial charge in [0.25, 0.3) is 0 Å². The van der Waals surface area contributed by atoms with Gasteiger partial charge >= 0.3 is 0 Å².